The SMILES string of the molecule is CCS(=O)(=O)C1CSCCN1C1(CN)CC(C)(C)CC1C. The first-order valence-corrected chi connectivity index (χ1v) is 10.8. The summed E-state index contributed by atoms with van der Waals surface area (Å²) in [6.07, 6.45) is 2.12. The highest BCUT2D eigenvalue weighted by molar-refractivity contribution is 8.01. The van der Waals surface area contributed by atoms with Gasteiger partial charge >= 0.3 is 0 Å². The first-order chi connectivity index (χ1) is 9.68. The zero-order chi connectivity index (χ0) is 15.9. The smallest absolute Gasteiger partial charge is 0.166 e. The number of rotatable bonds is 4. The molecule has 1 saturated heterocycles. The second-order valence-electron chi connectivity index (χ2n) is 7.43. The molecule has 4 nitrogen and oxygen atoms in total. The fourth-order valence-corrected chi connectivity index (χ4v) is 7.53. The van der Waals surface area contributed by atoms with Gasteiger partial charge in [0.15, 0.2) is 9.84 Å². The van der Waals surface area contributed by atoms with E-state index in [9.17, 15) is 8.42 Å². The Morgan fingerprint density at radius 1 is 1.38 bits per heavy atom. The van der Waals surface area contributed by atoms with Crippen LogP contribution in [-0.2, 0) is 9.84 Å². The van der Waals surface area contributed by atoms with Gasteiger partial charge in [-0.2, -0.15) is 11.8 Å². The lowest BCUT2D eigenvalue weighted by molar-refractivity contribution is 0.0548. The maximum atomic E-state index is 12.6. The molecule has 21 heavy (non-hydrogen) atoms. The van der Waals surface area contributed by atoms with E-state index < -0.39 is 9.84 Å². The Labute approximate surface area is 134 Å². The zero-order valence-corrected chi connectivity index (χ0v) is 15.4. The average Bonchev–Trinajstić information content (AvgIpc) is 2.68. The Hall–Kier alpha value is 0.220. The lowest BCUT2D eigenvalue weighted by Gasteiger charge is -2.49. The Bertz CT molecular complexity index is 478. The van der Waals surface area contributed by atoms with Crippen LogP contribution in [-0.4, -0.2) is 54.6 Å². The van der Waals surface area contributed by atoms with Gasteiger partial charge in [-0.15, -0.1) is 0 Å². The van der Waals surface area contributed by atoms with Crippen LogP contribution >= 0.6 is 11.8 Å². The Balaban J connectivity index is 2.40. The third-order valence-corrected chi connectivity index (χ3v) is 8.68. The summed E-state index contributed by atoms with van der Waals surface area (Å²) in [7, 11) is -3.07. The molecule has 0 aromatic rings. The van der Waals surface area contributed by atoms with E-state index in [0.29, 0.717) is 18.2 Å². The molecule has 0 bridgehead atoms. The lowest BCUT2D eigenvalue weighted by atomic mass is 9.84. The minimum Gasteiger partial charge on any atom is -0.329 e. The van der Waals surface area contributed by atoms with Crippen molar-refractivity contribution in [3.05, 3.63) is 0 Å². The van der Waals surface area contributed by atoms with Crippen molar-refractivity contribution in [3.8, 4) is 0 Å². The molecular weight excluding hydrogens is 304 g/mol. The van der Waals surface area contributed by atoms with Crippen molar-refractivity contribution in [2.75, 3.05) is 30.3 Å². The van der Waals surface area contributed by atoms with Crippen LogP contribution in [0.25, 0.3) is 0 Å². The number of thioether (sulfide) groups is 1. The molecule has 1 heterocycles. The van der Waals surface area contributed by atoms with E-state index in [4.69, 9.17) is 5.73 Å². The van der Waals surface area contributed by atoms with Crippen LogP contribution in [0.4, 0.5) is 0 Å². The molecule has 3 unspecified atom stereocenters. The molecule has 124 valence electrons. The molecule has 0 spiro atoms. The maximum absolute atomic E-state index is 12.6. The standard InChI is InChI=1S/C15H30N2O2S2/c1-5-21(18,19)13-9-20-7-6-17(13)15(11-16)10-14(3,4)8-12(15)2/h12-13H,5-11,16H2,1-4H3. The average molecular weight is 335 g/mol. The molecule has 1 aliphatic carbocycles. The highest BCUT2D eigenvalue weighted by Gasteiger charge is 2.54. The minimum atomic E-state index is -3.07. The lowest BCUT2D eigenvalue weighted by Crippen LogP contribution is -2.64. The third kappa shape index (κ3) is 3.14. The number of nitrogens with zero attached hydrogens (tertiary/aromatic N) is 1. The summed E-state index contributed by atoms with van der Waals surface area (Å²) in [4.78, 5) is 2.27. The van der Waals surface area contributed by atoms with E-state index in [-0.39, 0.29) is 22.1 Å². The predicted molar refractivity (Wildman–Crippen MR) is 91.2 cm³/mol. The summed E-state index contributed by atoms with van der Waals surface area (Å²) in [5.74, 6) is 2.35. The van der Waals surface area contributed by atoms with Crippen molar-refractivity contribution in [1.82, 2.24) is 4.90 Å². The van der Waals surface area contributed by atoms with Crippen molar-refractivity contribution in [3.63, 3.8) is 0 Å². The monoisotopic (exact) mass is 334 g/mol. The zero-order valence-electron chi connectivity index (χ0n) is 13.8. The topological polar surface area (TPSA) is 63.4 Å². The first-order valence-electron chi connectivity index (χ1n) is 7.95. The van der Waals surface area contributed by atoms with Crippen LogP contribution in [0.5, 0.6) is 0 Å². The molecule has 2 N–H and O–H groups in total. The first kappa shape index (κ1) is 17.6. The van der Waals surface area contributed by atoms with Gasteiger partial charge in [0, 0.05) is 35.9 Å². The molecule has 2 fully saturated rings. The Kier molecular flexibility index (Phi) is 5.04. The van der Waals surface area contributed by atoms with Gasteiger partial charge in [0.05, 0.1) is 0 Å². The minimum absolute atomic E-state index is 0.155. The highest BCUT2D eigenvalue weighted by Crippen LogP contribution is 2.51. The number of hydrogen-bond acceptors (Lipinski definition) is 5. The van der Waals surface area contributed by atoms with Gasteiger partial charge in [-0.25, -0.2) is 8.42 Å². The van der Waals surface area contributed by atoms with E-state index in [0.717, 1.165) is 25.1 Å². The van der Waals surface area contributed by atoms with Gasteiger partial charge in [-0.1, -0.05) is 27.7 Å². The number of nitrogens with two attached hydrogens (primary N) is 1. The van der Waals surface area contributed by atoms with E-state index >= 15 is 0 Å². The molecule has 2 rings (SSSR count). The van der Waals surface area contributed by atoms with Crippen molar-refractivity contribution < 1.29 is 8.42 Å². The summed E-state index contributed by atoms with van der Waals surface area (Å²) >= 11 is 1.76. The predicted octanol–water partition coefficient (Wildman–Crippen LogP) is 1.95. The van der Waals surface area contributed by atoms with Crippen LogP contribution in [0.1, 0.15) is 40.5 Å². The van der Waals surface area contributed by atoms with Gasteiger partial charge in [-0.05, 0) is 24.2 Å². The molecule has 0 amide bonds. The van der Waals surface area contributed by atoms with Crippen molar-refractivity contribution in [2.24, 2.45) is 17.1 Å². The Morgan fingerprint density at radius 3 is 2.52 bits per heavy atom. The van der Waals surface area contributed by atoms with Crippen LogP contribution < -0.4 is 5.73 Å². The largest absolute Gasteiger partial charge is 0.329 e. The van der Waals surface area contributed by atoms with Crippen molar-refractivity contribution >= 4 is 21.6 Å². The molecule has 2 aliphatic rings. The van der Waals surface area contributed by atoms with Crippen LogP contribution in [0.15, 0.2) is 0 Å². The summed E-state index contributed by atoms with van der Waals surface area (Å²) in [6, 6.07) is 0. The molecule has 3 atom stereocenters. The second kappa shape index (κ2) is 6.02. The third-order valence-electron chi connectivity index (χ3n) is 5.39. The maximum Gasteiger partial charge on any atom is 0.166 e. The summed E-state index contributed by atoms with van der Waals surface area (Å²) in [5.41, 5.74) is 6.30. The van der Waals surface area contributed by atoms with Gasteiger partial charge in [0.25, 0.3) is 0 Å². The Morgan fingerprint density at radius 2 is 2.05 bits per heavy atom. The van der Waals surface area contributed by atoms with Gasteiger partial charge < -0.3 is 5.73 Å². The van der Waals surface area contributed by atoms with Crippen molar-refractivity contribution in [1.29, 1.82) is 0 Å². The van der Waals surface area contributed by atoms with E-state index in [1.165, 1.54) is 0 Å². The molecule has 1 saturated carbocycles. The molecule has 1 aliphatic heterocycles. The van der Waals surface area contributed by atoms with Gasteiger partial charge in [-0.3, -0.25) is 4.90 Å². The highest BCUT2D eigenvalue weighted by atomic mass is 32.2. The molecule has 0 aromatic carbocycles. The fourth-order valence-electron chi connectivity index (χ4n) is 4.45. The van der Waals surface area contributed by atoms with E-state index in [1.54, 1.807) is 18.7 Å². The van der Waals surface area contributed by atoms with Crippen LogP contribution in [0, 0.1) is 11.3 Å². The van der Waals surface area contributed by atoms with E-state index in [1.807, 2.05) is 0 Å². The van der Waals surface area contributed by atoms with E-state index in [2.05, 4.69) is 25.7 Å². The number of sulfone groups is 1. The summed E-state index contributed by atoms with van der Waals surface area (Å²) in [6.45, 7) is 9.96. The molecule has 6 heteroatoms. The second-order valence-corrected chi connectivity index (χ2v) is 11.0. The van der Waals surface area contributed by atoms with Gasteiger partial charge in [0.2, 0.25) is 0 Å². The van der Waals surface area contributed by atoms with Gasteiger partial charge in [0.1, 0.15) is 5.37 Å². The normalized spacial score (nSPS) is 37.8. The summed E-state index contributed by atoms with van der Waals surface area (Å²) < 4.78 is 25.1. The quantitative estimate of drug-likeness (QED) is 0.851. The van der Waals surface area contributed by atoms with Crippen LogP contribution in [0.3, 0.4) is 0 Å². The molecule has 0 aromatic heterocycles. The molecule has 0 radical (unpaired) electrons. The fraction of sp³-hybridized carbons (Fsp3) is 1.00. The summed E-state index contributed by atoms with van der Waals surface area (Å²) in [5, 5.41) is -0.360. The number of hydrogen-bond donors (Lipinski definition) is 1. The van der Waals surface area contributed by atoms with Crippen molar-refractivity contribution in [2.45, 2.75) is 51.4 Å². The van der Waals surface area contributed by atoms with Crippen LogP contribution in [0.2, 0.25) is 0 Å². The molecular formula is C15H30N2O2S2.